The third-order valence-corrected chi connectivity index (χ3v) is 6.57. The molecule has 1 aromatic heterocycles. The second-order valence-corrected chi connectivity index (χ2v) is 9.09. The molecule has 0 fully saturated rings. The lowest BCUT2D eigenvalue weighted by Crippen LogP contribution is -2.28. The van der Waals surface area contributed by atoms with Gasteiger partial charge >= 0.3 is 0 Å². The molecule has 2 heterocycles. The molecule has 1 aliphatic heterocycles. The fourth-order valence-corrected chi connectivity index (χ4v) is 4.78. The van der Waals surface area contributed by atoms with Crippen molar-refractivity contribution in [3.8, 4) is 34.6 Å². The van der Waals surface area contributed by atoms with E-state index in [1.165, 1.54) is 11.8 Å². The molecule has 196 valence electrons. The summed E-state index contributed by atoms with van der Waals surface area (Å²) >= 11 is 0. The molecule has 0 spiro atoms. The quantitative estimate of drug-likeness (QED) is 0.340. The summed E-state index contributed by atoms with van der Waals surface area (Å²) in [5, 5.41) is 2.89. The Bertz CT molecular complexity index is 1600. The van der Waals surface area contributed by atoms with Crippen LogP contribution in [0.25, 0.3) is 5.69 Å². The van der Waals surface area contributed by atoms with Gasteiger partial charge in [0.15, 0.2) is 23.0 Å². The number of aryl methyl sites for hydroxylation is 2. The number of para-hydroxylation sites is 1. The summed E-state index contributed by atoms with van der Waals surface area (Å²) in [4.78, 5) is 27.1. The average molecular weight is 516 g/mol. The van der Waals surface area contributed by atoms with E-state index in [1.807, 2.05) is 44.2 Å². The number of nitrogens with one attached hydrogen (secondary N) is 1. The van der Waals surface area contributed by atoms with Gasteiger partial charge in [0, 0.05) is 23.7 Å². The first kappa shape index (κ1) is 25.0. The lowest BCUT2D eigenvalue weighted by atomic mass is 10.0. The lowest BCUT2D eigenvalue weighted by molar-refractivity contribution is -0.117. The SMILES string of the molecule is COc1ccc(NC(=O)Cn2c3c(c(=O)n2-c2ccc(C)cc2C)Cc2cccc(OC)c2O3)cc1OC. The third kappa shape index (κ3) is 4.36. The predicted octanol–water partition coefficient (Wildman–Crippen LogP) is 4.62. The summed E-state index contributed by atoms with van der Waals surface area (Å²) in [5.74, 6) is 2.10. The van der Waals surface area contributed by atoms with Crippen molar-refractivity contribution in [3.63, 3.8) is 0 Å². The van der Waals surface area contributed by atoms with Gasteiger partial charge in [0.25, 0.3) is 5.56 Å². The number of ether oxygens (including phenoxy) is 4. The minimum atomic E-state index is -0.344. The maximum absolute atomic E-state index is 13.8. The summed E-state index contributed by atoms with van der Waals surface area (Å²) in [7, 11) is 4.64. The minimum absolute atomic E-state index is 0.170. The van der Waals surface area contributed by atoms with E-state index < -0.39 is 0 Å². The van der Waals surface area contributed by atoms with Crippen molar-refractivity contribution in [1.82, 2.24) is 9.36 Å². The molecule has 1 aliphatic rings. The maximum Gasteiger partial charge on any atom is 0.278 e. The van der Waals surface area contributed by atoms with Crippen LogP contribution < -0.4 is 29.8 Å². The summed E-state index contributed by atoms with van der Waals surface area (Å²) < 4.78 is 25.5. The van der Waals surface area contributed by atoms with E-state index in [4.69, 9.17) is 18.9 Å². The molecule has 0 atom stereocenters. The van der Waals surface area contributed by atoms with Crippen LogP contribution in [0.2, 0.25) is 0 Å². The zero-order valence-electron chi connectivity index (χ0n) is 22.0. The molecule has 38 heavy (non-hydrogen) atoms. The number of amides is 1. The van der Waals surface area contributed by atoms with E-state index in [0.29, 0.717) is 52.2 Å². The highest BCUT2D eigenvalue weighted by Crippen LogP contribution is 2.42. The van der Waals surface area contributed by atoms with Gasteiger partial charge in [-0.25, -0.2) is 9.36 Å². The Kier molecular flexibility index (Phi) is 6.59. The van der Waals surface area contributed by atoms with Crippen molar-refractivity contribution in [2.45, 2.75) is 26.8 Å². The molecule has 0 radical (unpaired) electrons. The Morgan fingerprint density at radius 3 is 2.42 bits per heavy atom. The first-order chi connectivity index (χ1) is 18.3. The second kappa shape index (κ2) is 10.0. The topological polar surface area (TPSA) is 93.0 Å². The largest absolute Gasteiger partial charge is 0.493 e. The smallest absolute Gasteiger partial charge is 0.278 e. The molecule has 9 nitrogen and oxygen atoms in total. The number of anilines is 1. The van der Waals surface area contributed by atoms with Crippen LogP contribution >= 0.6 is 0 Å². The van der Waals surface area contributed by atoms with Crippen LogP contribution in [0.5, 0.6) is 28.9 Å². The van der Waals surface area contributed by atoms with Gasteiger partial charge in [-0.15, -0.1) is 0 Å². The Hall–Kier alpha value is -4.66. The molecule has 0 unspecified atom stereocenters. The Morgan fingerprint density at radius 1 is 0.947 bits per heavy atom. The molecule has 3 aromatic carbocycles. The van der Waals surface area contributed by atoms with Crippen molar-refractivity contribution >= 4 is 11.6 Å². The van der Waals surface area contributed by atoms with E-state index in [1.54, 1.807) is 43.2 Å². The first-order valence-electron chi connectivity index (χ1n) is 12.1. The fraction of sp³-hybridized carbons (Fsp3) is 0.241. The molecule has 4 aromatic rings. The van der Waals surface area contributed by atoms with Crippen molar-refractivity contribution in [1.29, 1.82) is 0 Å². The highest BCUT2D eigenvalue weighted by molar-refractivity contribution is 5.91. The molecule has 0 bridgehead atoms. The normalized spacial score (nSPS) is 11.7. The maximum atomic E-state index is 13.8. The van der Waals surface area contributed by atoms with Gasteiger partial charge in [-0.05, 0) is 43.7 Å². The van der Waals surface area contributed by atoms with Crippen LogP contribution in [0.3, 0.4) is 0 Å². The van der Waals surface area contributed by atoms with Crippen LogP contribution in [-0.2, 0) is 17.8 Å². The molecule has 5 rings (SSSR count). The van der Waals surface area contributed by atoms with E-state index in [-0.39, 0.29) is 18.0 Å². The molecule has 1 amide bonds. The first-order valence-corrected chi connectivity index (χ1v) is 12.1. The van der Waals surface area contributed by atoms with Crippen LogP contribution in [0.1, 0.15) is 22.3 Å². The van der Waals surface area contributed by atoms with Gasteiger partial charge in [0.2, 0.25) is 11.8 Å². The van der Waals surface area contributed by atoms with Gasteiger partial charge in [0.1, 0.15) is 6.54 Å². The zero-order chi connectivity index (χ0) is 27.0. The van der Waals surface area contributed by atoms with Crippen LogP contribution in [-0.4, -0.2) is 36.6 Å². The lowest BCUT2D eigenvalue weighted by Gasteiger charge is -2.21. The van der Waals surface area contributed by atoms with Gasteiger partial charge in [-0.1, -0.05) is 29.8 Å². The summed E-state index contributed by atoms with van der Waals surface area (Å²) in [6.45, 7) is 3.76. The second-order valence-electron chi connectivity index (χ2n) is 9.09. The molecule has 1 N–H and O–H groups in total. The fourth-order valence-electron chi connectivity index (χ4n) is 4.78. The van der Waals surface area contributed by atoms with Crippen molar-refractivity contribution in [2.75, 3.05) is 26.6 Å². The van der Waals surface area contributed by atoms with E-state index in [0.717, 1.165) is 16.7 Å². The predicted molar refractivity (Wildman–Crippen MR) is 144 cm³/mol. The Morgan fingerprint density at radius 2 is 1.71 bits per heavy atom. The molecular weight excluding hydrogens is 486 g/mol. The number of hydrogen-bond acceptors (Lipinski definition) is 6. The Balaban J connectivity index is 1.58. The van der Waals surface area contributed by atoms with Crippen LogP contribution in [0.15, 0.2) is 59.4 Å². The van der Waals surface area contributed by atoms with Crippen molar-refractivity contribution < 1.29 is 23.7 Å². The van der Waals surface area contributed by atoms with Gasteiger partial charge < -0.3 is 24.3 Å². The number of carbonyl (C=O) groups is 1. The number of nitrogens with zero attached hydrogens (tertiary/aromatic N) is 2. The third-order valence-electron chi connectivity index (χ3n) is 6.57. The minimum Gasteiger partial charge on any atom is -0.493 e. The van der Waals surface area contributed by atoms with Crippen LogP contribution in [0.4, 0.5) is 5.69 Å². The number of rotatable bonds is 7. The monoisotopic (exact) mass is 515 g/mol. The van der Waals surface area contributed by atoms with Gasteiger partial charge in [0.05, 0.1) is 32.6 Å². The summed E-state index contributed by atoms with van der Waals surface area (Å²) in [6, 6.07) is 16.5. The summed E-state index contributed by atoms with van der Waals surface area (Å²) in [6.07, 6.45) is 0.357. The highest BCUT2D eigenvalue weighted by atomic mass is 16.5. The number of fused-ring (bicyclic) bond motifs is 2. The number of methoxy groups -OCH3 is 3. The standard InChI is InChI=1S/C29H29N3O6/c1-17-9-11-22(18(2)13-17)32-28(34)21-14-19-7-6-8-24(36-4)27(19)38-29(21)31(32)16-26(33)30-20-10-12-23(35-3)25(15-20)37-5/h6-13,15H,14,16H2,1-5H3,(H,30,33). The molecular formula is C29H29N3O6. The van der Waals surface area contributed by atoms with Crippen molar-refractivity contribution in [2.24, 2.45) is 0 Å². The average Bonchev–Trinajstić information content (AvgIpc) is 3.17. The van der Waals surface area contributed by atoms with Crippen LogP contribution in [0, 0.1) is 13.8 Å². The number of aromatic nitrogens is 2. The van der Waals surface area contributed by atoms with Gasteiger partial charge in [-0.3, -0.25) is 9.59 Å². The molecule has 0 saturated carbocycles. The summed E-state index contributed by atoms with van der Waals surface area (Å²) in [5.41, 5.74) is 4.26. The van der Waals surface area contributed by atoms with E-state index in [9.17, 15) is 9.59 Å². The zero-order valence-corrected chi connectivity index (χ0v) is 22.0. The van der Waals surface area contributed by atoms with Crippen molar-refractivity contribution in [3.05, 3.63) is 87.2 Å². The van der Waals surface area contributed by atoms with E-state index in [2.05, 4.69) is 5.32 Å². The number of hydrogen-bond donors (Lipinski definition) is 1. The molecule has 9 heteroatoms. The van der Waals surface area contributed by atoms with Gasteiger partial charge in [-0.2, -0.15) is 0 Å². The molecule has 0 saturated heterocycles. The number of benzene rings is 3. The highest BCUT2D eigenvalue weighted by Gasteiger charge is 2.31. The Labute approximate surface area is 220 Å². The van der Waals surface area contributed by atoms with E-state index >= 15 is 0 Å². The molecule has 0 aliphatic carbocycles. The number of carbonyl (C=O) groups excluding carboxylic acids is 1.